The molecule has 112 valence electrons. The summed E-state index contributed by atoms with van der Waals surface area (Å²) in [6, 6.07) is 9.43. The number of rotatable bonds is 6. The zero-order chi connectivity index (χ0) is 15.2. The van der Waals surface area contributed by atoms with Crippen molar-refractivity contribution in [2.75, 3.05) is 7.11 Å². The van der Waals surface area contributed by atoms with E-state index in [0.29, 0.717) is 11.5 Å². The van der Waals surface area contributed by atoms with Gasteiger partial charge in [0, 0.05) is 11.6 Å². The number of ether oxygens (including phenoxy) is 2. The quantitative estimate of drug-likeness (QED) is 0.889. The minimum Gasteiger partial charge on any atom is -0.497 e. The van der Waals surface area contributed by atoms with Gasteiger partial charge in [-0.05, 0) is 49.6 Å². The van der Waals surface area contributed by atoms with Crippen LogP contribution in [0.15, 0.2) is 35.7 Å². The predicted molar refractivity (Wildman–Crippen MR) is 84.2 cm³/mol. The van der Waals surface area contributed by atoms with E-state index < -0.39 is 0 Å². The number of benzene rings is 1. The van der Waals surface area contributed by atoms with Gasteiger partial charge in [-0.15, -0.1) is 11.3 Å². The number of carbonyl (C=O) groups excluding carboxylic acids is 1. The van der Waals surface area contributed by atoms with E-state index >= 15 is 0 Å². The van der Waals surface area contributed by atoms with Crippen molar-refractivity contribution >= 4 is 17.2 Å². The van der Waals surface area contributed by atoms with E-state index in [1.807, 2.05) is 49.6 Å². The van der Waals surface area contributed by atoms with Crippen LogP contribution in [0.25, 0.3) is 0 Å². The molecule has 4 nitrogen and oxygen atoms in total. The number of hydrogen-bond acceptors (Lipinski definition) is 4. The molecule has 0 atom stereocenters. The highest BCUT2D eigenvalue weighted by molar-refractivity contribution is 7.12. The third kappa shape index (κ3) is 4.49. The number of nitrogens with one attached hydrogen (secondary N) is 1. The van der Waals surface area contributed by atoms with E-state index in [9.17, 15) is 4.79 Å². The van der Waals surface area contributed by atoms with Gasteiger partial charge >= 0.3 is 0 Å². The Morgan fingerprint density at radius 3 is 2.52 bits per heavy atom. The van der Waals surface area contributed by atoms with Crippen molar-refractivity contribution in [3.05, 3.63) is 46.2 Å². The number of carbonyl (C=O) groups is 1. The maximum absolute atomic E-state index is 11.9. The van der Waals surface area contributed by atoms with Gasteiger partial charge < -0.3 is 14.8 Å². The lowest BCUT2D eigenvalue weighted by atomic mass is 10.3. The highest BCUT2D eigenvalue weighted by Crippen LogP contribution is 2.20. The molecule has 1 amide bonds. The summed E-state index contributed by atoms with van der Waals surface area (Å²) in [6.07, 6.45) is 0. The Morgan fingerprint density at radius 1 is 1.24 bits per heavy atom. The summed E-state index contributed by atoms with van der Waals surface area (Å²) in [5.41, 5.74) is 0.990. The lowest BCUT2D eigenvalue weighted by molar-refractivity contribution is 0.0947. The van der Waals surface area contributed by atoms with Crippen LogP contribution >= 0.6 is 11.3 Å². The van der Waals surface area contributed by atoms with Crippen LogP contribution in [0.1, 0.15) is 29.1 Å². The van der Waals surface area contributed by atoms with Gasteiger partial charge in [-0.1, -0.05) is 0 Å². The first kappa shape index (κ1) is 15.4. The van der Waals surface area contributed by atoms with E-state index in [-0.39, 0.29) is 11.9 Å². The van der Waals surface area contributed by atoms with E-state index in [1.165, 1.54) is 11.3 Å². The monoisotopic (exact) mass is 305 g/mol. The van der Waals surface area contributed by atoms with E-state index in [4.69, 9.17) is 9.47 Å². The van der Waals surface area contributed by atoms with Gasteiger partial charge in [-0.2, -0.15) is 0 Å². The van der Waals surface area contributed by atoms with Gasteiger partial charge in [0.2, 0.25) is 0 Å². The molecule has 0 unspecified atom stereocenters. The first-order chi connectivity index (χ1) is 10.1. The van der Waals surface area contributed by atoms with Gasteiger partial charge in [-0.25, -0.2) is 0 Å². The Bertz CT molecular complexity index is 590. The number of hydrogen-bond donors (Lipinski definition) is 1. The Hall–Kier alpha value is -2.01. The molecule has 0 aliphatic heterocycles. The molecule has 0 aliphatic rings. The summed E-state index contributed by atoms with van der Waals surface area (Å²) in [5.74, 6) is 1.53. The van der Waals surface area contributed by atoms with Crippen molar-refractivity contribution in [2.24, 2.45) is 0 Å². The van der Waals surface area contributed by atoms with Crippen LogP contribution in [0.4, 0.5) is 0 Å². The largest absolute Gasteiger partial charge is 0.497 e. The lowest BCUT2D eigenvalue weighted by Crippen LogP contribution is -2.29. The normalized spacial score (nSPS) is 10.5. The minimum absolute atomic E-state index is 0.0364. The lowest BCUT2D eigenvalue weighted by Gasteiger charge is -2.06. The van der Waals surface area contributed by atoms with Crippen LogP contribution in [0, 0.1) is 0 Å². The number of thiophene rings is 1. The van der Waals surface area contributed by atoms with E-state index in [1.54, 1.807) is 7.11 Å². The summed E-state index contributed by atoms with van der Waals surface area (Å²) in [7, 11) is 1.63. The standard InChI is InChI=1S/C16H19NO3S/c1-11(2)17-16(18)15-8-12(10-21-15)9-20-14-6-4-13(19-3)5-7-14/h4-8,10-11H,9H2,1-3H3,(H,17,18). The van der Waals surface area contributed by atoms with Gasteiger partial charge in [0.1, 0.15) is 18.1 Å². The second kappa shape index (κ2) is 7.13. The fraction of sp³-hybridized carbons (Fsp3) is 0.312. The zero-order valence-corrected chi connectivity index (χ0v) is 13.2. The molecule has 0 saturated carbocycles. The number of amides is 1. The molecule has 0 fully saturated rings. The fourth-order valence-corrected chi connectivity index (χ4v) is 2.54. The second-order valence-corrected chi connectivity index (χ2v) is 5.82. The average molecular weight is 305 g/mol. The van der Waals surface area contributed by atoms with Crippen LogP contribution in [-0.4, -0.2) is 19.1 Å². The Morgan fingerprint density at radius 2 is 1.90 bits per heavy atom. The molecule has 0 spiro atoms. The zero-order valence-electron chi connectivity index (χ0n) is 12.4. The molecule has 2 aromatic rings. The van der Waals surface area contributed by atoms with Gasteiger partial charge in [0.05, 0.1) is 12.0 Å². The Labute approximate surface area is 128 Å². The second-order valence-electron chi connectivity index (χ2n) is 4.91. The minimum atomic E-state index is -0.0364. The molecule has 21 heavy (non-hydrogen) atoms. The molecule has 0 aliphatic carbocycles. The van der Waals surface area contributed by atoms with Crippen molar-refractivity contribution in [3.8, 4) is 11.5 Å². The van der Waals surface area contributed by atoms with Crippen LogP contribution in [-0.2, 0) is 6.61 Å². The highest BCUT2D eigenvalue weighted by Gasteiger charge is 2.10. The Balaban J connectivity index is 1.91. The number of methoxy groups -OCH3 is 1. The molecule has 0 bridgehead atoms. The molecule has 0 radical (unpaired) electrons. The molecular formula is C16H19NO3S. The summed E-state index contributed by atoms with van der Waals surface area (Å²) >= 11 is 1.43. The van der Waals surface area contributed by atoms with E-state index in [0.717, 1.165) is 17.1 Å². The van der Waals surface area contributed by atoms with Crippen molar-refractivity contribution < 1.29 is 14.3 Å². The molecule has 2 rings (SSSR count). The van der Waals surface area contributed by atoms with Gasteiger partial charge in [0.15, 0.2) is 0 Å². The Kier molecular flexibility index (Phi) is 5.22. The van der Waals surface area contributed by atoms with Crippen LogP contribution in [0.5, 0.6) is 11.5 Å². The molecule has 1 heterocycles. The van der Waals surface area contributed by atoms with E-state index in [2.05, 4.69) is 5.32 Å². The van der Waals surface area contributed by atoms with Crippen LogP contribution in [0.3, 0.4) is 0 Å². The van der Waals surface area contributed by atoms with Crippen LogP contribution in [0.2, 0.25) is 0 Å². The summed E-state index contributed by atoms with van der Waals surface area (Å²) in [4.78, 5) is 12.6. The molecule has 1 aromatic carbocycles. The highest BCUT2D eigenvalue weighted by atomic mass is 32.1. The van der Waals surface area contributed by atoms with Crippen molar-refractivity contribution in [2.45, 2.75) is 26.5 Å². The first-order valence-electron chi connectivity index (χ1n) is 6.73. The first-order valence-corrected chi connectivity index (χ1v) is 7.61. The molecule has 5 heteroatoms. The van der Waals surface area contributed by atoms with Crippen LogP contribution < -0.4 is 14.8 Å². The maximum Gasteiger partial charge on any atom is 0.261 e. The smallest absolute Gasteiger partial charge is 0.261 e. The van der Waals surface area contributed by atoms with Gasteiger partial charge in [0.25, 0.3) is 5.91 Å². The fourth-order valence-electron chi connectivity index (χ4n) is 1.74. The van der Waals surface area contributed by atoms with Gasteiger partial charge in [-0.3, -0.25) is 4.79 Å². The SMILES string of the molecule is COc1ccc(OCc2csc(C(=O)NC(C)C)c2)cc1. The van der Waals surface area contributed by atoms with Crippen molar-refractivity contribution in [1.29, 1.82) is 0 Å². The molecular weight excluding hydrogens is 286 g/mol. The van der Waals surface area contributed by atoms with Crippen molar-refractivity contribution in [3.63, 3.8) is 0 Å². The predicted octanol–water partition coefficient (Wildman–Crippen LogP) is 3.47. The summed E-state index contributed by atoms with van der Waals surface area (Å²) in [6.45, 7) is 4.33. The third-order valence-corrected chi connectivity index (χ3v) is 3.74. The maximum atomic E-state index is 11.9. The third-order valence-electron chi connectivity index (χ3n) is 2.76. The summed E-state index contributed by atoms with van der Waals surface area (Å²) in [5, 5.41) is 4.82. The van der Waals surface area contributed by atoms with Crippen molar-refractivity contribution in [1.82, 2.24) is 5.32 Å². The molecule has 1 N–H and O–H groups in total. The topological polar surface area (TPSA) is 47.6 Å². The summed E-state index contributed by atoms with van der Waals surface area (Å²) < 4.78 is 10.8. The molecule has 1 aromatic heterocycles. The molecule has 0 saturated heterocycles. The average Bonchev–Trinajstić information content (AvgIpc) is 2.94.